The predicted molar refractivity (Wildman–Crippen MR) is 91.7 cm³/mol. The Morgan fingerprint density at radius 3 is 2.14 bits per heavy atom. The van der Waals surface area contributed by atoms with Crippen LogP contribution in [0.5, 0.6) is 0 Å². The first-order valence-electron chi connectivity index (χ1n) is 8.17. The van der Waals surface area contributed by atoms with Gasteiger partial charge in [0.05, 0.1) is 12.2 Å². The molecule has 0 N–H and O–H groups in total. The maximum atomic E-state index is 11.8. The molecule has 1 aromatic carbocycles. The molecule has 0 bridgehead atoms. The van der Waals surface area contributed by atoms with Crippen molar-refractivity contribution < 1.29 is 9.53 Å². The topological polar surface area (TPSA) is 26.3 Å². The van der Waals surface area contributed by atoms with Crippen molar-refractivity contribution in [1.82, 2.24) is 0 Å². The van der Waals surface area contributed by atoms with Gasteiger partial charge in [0.15, 0.2) is 0 Å². The van der Waals surface area contributed by atoms with Crippen molar-refractivity contribution in [3.05, 3.63) is 34.3 Å². The number of hydrogen-bond acceptors (Lipinski definition) is 2. The van der Waals surface area contributed by atoms with Crippen LogP contribution < -0.4 is 0 Å². The quantitative estimate of drug-likeness (QED) is 0.352. The molecule has 0 aliphatic rings. The summed E-state index contributed by atoms with van der Waals surface area (Å²) in [6, 6.07) is 7.37. The van der Waals surface area contributed by atoms with Crippen LogP contribution in [0.25, 0.3) is 0 Å². The second kappa shape index (κ2) is 11.8. The molecule has 0 fully saturated rings. The number of hydrogen-bond donors (Lipinski definition) is 0. The van der Waals surface area contributed by atoms with Crippen molar-refractivity contribution in [2.75, 3.05) is 6.61 Å². The summed E-state index contributed by atoms with van der Waals surface area (Å²) in [7, 11) is 0. The molecule has 1 rings (SSSR count). The average Bonchev–Trinajstić information content (AvgIpc) is 2.49. The van der Waals surface area contributed by atoms with E-state index in [9.17, 15) is 4.79 Å². The fourth-order valence-corrected chi connectivity index (χ4v) is 2.73. The molecule has 118 valence electrons. The van der Waals surface area contributed by atoms with Crippen molar-refractivity contribution >= 4 is 21.9 Å². The van der Waals surface area contributed by atoms with Gasteiger partial charge < -0.3 is 4.74 Å². The van der Waals surface area contributed by atoms with E-state index in [1.807, 2.05) is 18.2 Å². The molecule has 1 aromatic rings. The molecule has 0 aromatic heterocycles. The molecule has 0 heterocycles. The smallest absolute Gasteiger partial charge is 0.339 e. The van der Waals surface area contributed by atoms with E-state index >= 15 is 0 Å². The van der Waals surface area contributed by atoms with Crippen LogP contribution in [0.2, 0.25) is 0 Å². The highest BCUT2D eigenvalue weighted by Gasteiger charge is 2.09. The van der Waals surface area contributed by atoms with Crippen molar-refractivity contribution in [3.8, 4) is 0 Å². The first-order chi connectivity index (χ1) is 10.3. The number of halogens is 1. The molecule has 2 nitrogen and oxygen atoms in total. The van der Waals surface area contributed by atoms with Crippen LogP contribution in [0, 0.1) is 0 Å². The Morgan fingerprint density at radius 1 is 0.952 bits per heavy atom. The van der Waals surface area contributed by atoms with Gasteiger partial charge in [0.2, 0.25) is 0 Å². The lowest BCUT2D eigenvalue weighted by molar-refractivity contribution is 0.0496. The number of carbonyl (C=O) groups is 1. The van der Waals surface area contributed by atoms with E-state index in [1.165, 1.54) is 44.9 Å². The van der Waals surface area contributed by atoms with Gasteiger partial charge in [-0.3, -0.25) is 0 Å². The summed E-state index contributed by atoms with van der Waals surface area (Å²) in [5.74, 6) is -0.234. The lowest BCUT2D eigenvalue weighted by atomic mass is 10.1. The zero-order valence-electron chi connectivity index (χ0n) is 13.1. The molecule has 0 aliphatic heterocycles. The van der Waals surface area contributed by atoms with Crippen LogP contribution in [0.15, 0.2) is 28.7 Å². The Labute approximate surface area is 137 Å². The van der Waals surface area contributed by atoms with E-state index in [1.54, 1.807) is 6.07 Å². The molecule has 0 saturated carbocycles. The monoisotopic (exact) mass is 354 g/mol. The number of unbranched alkanes of at least 4 members (excludes halogenated alkanes) is 8. The van der Waals surface area contributed by atoms with Gasteiger partial charge in [0.1, 0.15) is 0 Å². The van der Waals surface area contributed by atoms with E-state index in [0.717, 1.165) is 17.3 Å². The van der Waals surface area contributed by atoms with Gasteiger partial charge in [-0.2, -0.15) is 0 Å². The molecular weight excluding hydrogens is 328 g/mol. The van der Waals surface area contributed by atoms with E-state index < -0.39 is 0 Å². The largest absolute Gasteiger partial charge is 0.462 e. The maximum absolute atomic E-state index is 11.8. The van der Waals surface area contributed by atoms with Crippen molar-refractivity contribution in [2.45, 2.75) is 64.7 Å². The summed E-state index contributed by atoms with van der Waals surface area (Å²) in [5, 5.41) is 0. The highest BCUT2D eigenvalue weighted by atomic mass is 79.9. The van der Waals surface area contributed by atoms with Crippen LogP contribution in [-0.4, -0.2) is 12.6 Å². The highest BCUT2D eigenvalue weighted by molar-refractivity contribution is 9.10. The lowest BCUT2D eigenvalue weighted by Crippen LogP contribution is -2.07. The van der Waals surface area contributed by atoms with Gasteiger partial charge in [0.25, 0.3) is 0 Å². The normalized spacial score (nSPS) is 10.6. The Morgan fingerprint density at radius 2 is 1.52 bits per heavy atom. The van der Waals surface area contributed by atoms with Gasteiger partial charge in [0, 0.05) is 4.47 Å². The number of ether oxygens (including phenoxy) is 1. The summed E-state index contributed by atoms with van der Waals surface area (Å²) in [6.45, 7) is 2.77. The summed E-state index contributed by atoms with van der Waals surface area (Å²) >= 11 is 3.36. The van der Waals surface area contributed by atoms with Crippen molar-refractivity contribution in [3.63, 3.8) is 0 Å². The molecule has 0 unspecified atom stereocenters. The minimum atomic E-state index is -0.234. The summed E-state index contributed by atoms with van der Waals surface area (Å²) in [4.78, 5) is 11.8. The summed E-state index contributed by atoms with van der Waals surface area (Å²) in [6.07, 6.45) is 11.4. The van der Waals surface area contributed by atoms with Gasteiger partial charge in [-0.05, 0) is 34.5 Å². The first kappa shape index (κ1) is 18.2. The van der Waals surface area contributed by atoms with Gasteiger partial charge in [-0.1, -0.05) is 70.4 Å². The molecule has 0 amide bonds. The fourth-order valence-electron chi connectivity index (χ4n) is 2.28. The Kier molecular flexibility index (Phi) is 10.2. The lowest BCUT2D eigenvalue weighted by Gasteiger charge is -2.06. The molecular formula is C18H27BrO2. The number of carbonyl (C=O) groups excluding carboxylic acids is 1. The van der Waals surface area contributed by atoms with E-state index in [-0.39, 0.29) is 5.97 Å². The Hall–Kier alpha value is -0.830. The van der Waals surface area contributed by atoms with Gasteiger partial charge in [-0.15, -0.1) is 0 Å². The molecule has 3 heteroatoms. The second-order valence-corrected chi connectivity index (χ2v) is 6.30. The molecule has 0 aliphatic carbocycles. The zero-order chi connectivity index (χ0) is 15.3. The third kappa shape index (κ3) is 8.25. The van der Waals surface area contributed by atoms with Crippen LogP contribution in [0.3, 0.4) is 0 Å². The number of esters is 1. The van der Waals surface area contributed by atoms with Crippen molar-refractivity contribution in [1.29, 1.82) is 0 Å². The van der Waals surface area contributed by atoms with Crippen LogP contribution in [-0.2, 0) is 4.74 Å². The third-order valence-electron chi connectivity index (χ3n) is 3.57. The summed E-state index contributed by atoms with van der Waals surface area (Å²) in [5.41, 5.74) is 0.605. The Bertz CT molecular complexity index is 404. The fraction of sp³-hybridized carbons (Fsp3) is 0.611. The van der Waals surface area contributed by atoms with Gasteiger partial charge >= 0.3 is 5.97 Å². The van der Waals surface area contributed by atoms with E-state index in [0.29, 0.717) is 12.2 Å². The Balaban J connectivity index is 1.99. The minimum absolute atomic E-state index is 0.234. The molecule has 0 radical (unpaired) electrons. The minimum Gasteiger partial charge on any atom is -0.462 e. The van der Waals surface area contributed by atoms with E-state index in [4.69, 9.17) is 4.74 Å². The summed E-state index contributed by atoms with van der Waals surface area (Å²) < 4.78 is 6.09. The second-order valence-electron chi connectivity index (χ2n) is 5.44. The predicted octanol–water partition coefficient (Wildman–Crippen LogP) is 6.14. The molecule has 0 atom stereocenters. The SMILES string of the molecule is CCCCCCCCCCCOC(=O)c1ccccc1Br. The third-order valence-corrected chi connectivity index (χ3v) is 4.27. The zero-order valence-corrected chi connectivity index (χ0v) is 14.7. The number of benzene rings is 1. The van der Waals surface area contributed by atoms with Crippen LogP contribution >= 0.6 is 15.9 Å². The molecule has 0 saturated heterocycles. The van der Waals surface area contributed by atoms with Crippen LogP contribution in [0.1, 0.15) is 75.1 Å². The maximum Gasteiger partial charge on any atom is 0.339 e. The first-order valence-corrected chi connectivity index (χ1v) is 8.96. The standard InChI is InChI=1S/C18H27BrO2/c1-2-3-4-5-6-7-8-9-12-15-21-18(20)16-13-10-11-14-17(16)19/h10-11,13-14H,2-9,12,15H2,1H3. The average molecular weight is 355 g/mol. The van der Waals surface area contributed by atoms with E-state index in [2.05, 4.69) is 22.9 Å². The van der Waals surface area contributed by atoms with Crippen LogP contribution in [0.4, 0.5) is 0 Å². The van der Waals surface area contributed by atoms with Gasteiger partial charge in [-0.25, -0.2) is 4.79 Å². The number of rotatable bonds is 11. The molecule has 0 spiro atoms. The highest BCUT2D eigenvalue weighted by Crippen LogP contribution is 2.17. The molecule has 21 heavy (non-hydrogen) atoms. The van der Waals surface area contributed by atoms with Crippen molar-refractivity contribution in [2.24, 2.45) is 0 Å².